The maximum Gasteiger partial charge on any atom is 0.239 e. The molecule has 2 atom stereocenters. The summed E-state index contributed by atoms with van der Waals surface area (Å²) in [5, 5.41) is 1.89. The van der Waals surface area contributed by atoms with Crippen LogP contribution in [0.3, 0.4) is 0 Å². The molecule has 0 aromatic heterocycles. The molecule has 0 spiro atoms. The molecule has 0 saturated carbocycles. The van der Waals surface area contributed by atoms with Crippen molar-refractivity contribution in [2.75, 3.05) is 27.1 Å². The molecule has 0 heterocycles. The molecular weight excluding hydrogens is 378 g/mol. The van der Waals surface area contributed by atoms with Gasteiger partial charge in [0.05, 0.1) is 12.4 Å². The van der Waals surface area contributed by atoms with Gasteiger partial charge in [-0.05, 0) is 48.1 Å². The Bertz CT molecular complexity index is 748. The average Bonchev–Trinajstić information content (AvgIpc) is 2.74. The fourth-order valence-corrected chi connectivity index (χ4v) is 3.30. The van der Waals surface area contributed by atoms with Crippen LogP contribution in [0.4, 0.5) is 0 Å². The molecule has 0 aliphatic carbocycles. The van der Waals surface area contributed by atoms with Crippen LogP contribution in [0.2, 0.25) is 0 Å². The van der Waals surface area contributed by atoms with Crippen LogP contribution >= 0.6 is 11.8 Å². The van der Waals surface area contributed by atoms with Crippen LogP contribution in [0.15, 0.2) is 48.5 Å². The summed E-state index contributed by atoms with van der Waals surface area (Å²) in [6.45, 7) is 0.372. The van der Waals surface area contributed by atoms with Gasteiger partial charge in [0.1, 0.15) is 24.2 Å². The first-order chi connectivity index (χ1) is 13.6. The predicted octanol–water partition coefficient (Wildman–Crippen LogP) is 3.01. The summed E-state index contributed by atoms with van der Waals surface area (Å²) in [5.74, 6) is 1.23. The van der Waals surface area contributed by atoms with Crippen LogP contribution < -0.4 is 14.8 Å². The molecule has 2 amide bonds. The molecule has 0 saturated heterocycles. The van der Waals surface area contributed by atoms with Crippen molar-refractivity contribution in [3.05, 3.63) is 59.7 Å². The lowest BCUT2D eigenvalue weighted by Gasteiger charge is -2.17. The first kappa shape index (κ1) is 21.8. The highest BCUT2D eigenvalue weighted by atomic mass is 32.2. The number of amides is 2. The normalized spacial score (nSPS) is 12.7. The molecular formula is C21H25NO5S. The SMILES string of the molecule is COc1ccc(C(COc2ccc(CC(SC)C(=O)NC=O)cc2)OC)cc1. The predicted molar refractivity (Wildman–Crippen MR) is 110 cm³/mol. The van der Waals surface area contributed by atoms with Crippen LogP contribution in [0.25, 0.3) is 0 Å². The maximum atomic E-state index is 11.8. The smallest absolute Gasteiger partial charge is 0.239 e. The summed E-state index contributed by atoms with van der Waals surface area (Å²) in [5.41, 5.74) is 2.00. The molecule has 0 fully saturated rings. The monoisotopic (exact) mass is 403 g/mol. The molecule has 6 nitrogen and oxygen atoms in total. The number of imide groups is 1. The van der Waals surface area contributed by atoms with Crippen molar-refractivity contribution in [3.8, 4) is 11.5 Å². The zero-order valence-electron chi connectivity index (χ0n) is 16.2. The van der Waals surface area contributed by atoms with E-state index in [9.17, 15) is 9.59 Å². The Hall–Kier alpha value is -2.51. The molecule has 150 valence electrons. The number of nitrogens with one attached hydrogen (secondary N) is 1. The minimum Gasteiger partial charge on any atom is -0.497 e. The topological polar surface area (TPSA) is 73.9 Å². The van der Waals surface area contributed by atoms with E-state index in [0.29, 0.717) is 19.4 Å². The number of hydrogen-bond acceptors (Lipinski definition) is 6. The molecule has 2 aromatic carbocycles. The lowest BCUT2D eigenvalue weighted by molar-refractivity contribution is -0.124. The maximum absolute atomic E-state index is 11.8. The molecule has 0 radical (unpaired) electrons. The number of hydrogen-bond donors (Lipinski definition) is 1. The number of carbonyl (C=O) groups is 2. The van der Waals surface area contributed by atoms with Gasteiger partial charge >= 0.3 is 0 Å². The van der Waals surface area contributed by atoms with Crippen molar-refractivity contribution < 1.29 is 23.8 Å². The third kappa shape index (κ3) is 6.28. The van der Waals surface area contributed by atoms with E-state index in [4.69, 9.17) is 14.2 Å². The summed E-state index contributed by atoms with van der Waals surface area (Å²) in [4.78, 5) is 22.3. The second kappa shape index (κ2) is 11.4. The van der Waals surface area contributed by atoms with Crippen LogP contribution in [-0.4, -0.2) is 44.6 Å². The van der Waals surface area contributed by atoms with E-state index < -0.39 is 0 Å². The number of thioether (sulfide) groups is 1. The van der Waals surface area contributed by atoms with Gasteiger partial charge in [-0.25, -0.2) is 0 Å². The average molecular weight is 404 g/mol. The Morgan fingerprint density at radius 3 is 2.25 bits per heavy atom. The van der Waals surface area contributed by atoms with E-state index in [2.05, 4.69) is 5.32 Å². The molecule has 2 rings (SSSR count). The van der Waals surface area contributed by atoms with Crippen molar-refractivity contribution in [1.29, 1.82) is 0 Å². The number of ether oxygens (including phenoxy) is 3. The Morgan fingerprint density at radius 2 is 1.71 bits per heavy atom. The number of carbonyl (C=O) groups excluding carboxylic acids is 2. The van der Waals surface area contributed by atoms with Crippen LogP contribution in [0, 0.1) is 0 Å². The van der Waals surface area contributed by atoms with Crippen molar-refractivity contribution in [2.24, 2.45) is 0 Å². The minimum absolute atomic E-state index is 0.196. The molecule has 0 aliphatic heterocycles. The quantitative estimate of drug-likeness (QED) is 0.582. The molecule has 0 aliphatic rings. The molecule has 7 heteroatoms. The van der Waals surface area contributed by atoms with E-state index in [1.54, 1.807) is 14.2 Å². The van der Waals surface area contributed by atoms with Gasteiger partial charge in [0, 0.05) is 7.11 Å². The largest absolute Gasteiger partial charge is 0.497 e. The van der Waals surface area contributed by atoms with Gasteiger partial charge in [0.2, 0.25) is 12.3 Å². The number of methoxy groups -OCH3 is 2. The molecule has 2 aromatic rings. The van der Waals surface area contributed by atoms with Crippen LogP contribution in [-0.2, 0) is 20.7 Å². The zero-order valence-corrected chi connectivity index (χ0v) is 17.0. The fraction of sp³-hybridized carbons (Fsp3) is 0.333. The van der Waals surface area contributed by atoms with E-state index >= 15 is 0 Å². The second-order valence-corrected chi connectivity index (χ2v) is 7.05. The first-order valence-electron chi connectivity index (χ1n) is 8.76. The molecule has 0 bridgehead atoms. The Balaban J connectivity index is 1.93. The zero-order chi connectivity index (χ0) is 20.4. The third-order valence-electron chi connectivity index (χ3n) is 4.30. The fourth-order valence-electron chi connectivity index (χ4n) is 2.66. The molecule has 28 heavy (non-hydrogen) atoms. The summed E-state index contributed by atoms with van der Waals surface area (Å²) in [6.07, 6.45) is 2.60. The van der Waals surface area contributed by atoms with Crippen molar-refractivity contribution >= 4 is 24.1 Å². The summed E-state index contributed by atoms with van der Waals surface area (Å²) < 4.78 is 16.6. The van der Waals surface area contributed by atoms with Gasteiger partial charge in [-0.2, -0.15) is 11.8 Å². The first-order valence-corrected chi connectivity index (χ1v) is 10.0. The van der Waals surface area contributed by atoms with E-state index in [0.717, 1.165) is 22.6 Å². The summed E-state index contributed by atoms with van der Waals surface area (Å²) >= 11 is 1.41. The van der Waals surface area contributed by atoms with Gasteiger partial charge in [-0.15, -0.1) is 0 Å². The number of rotatable bonds is 11. The highest BCUT2D eigenvalue weighted by molar-refractivity contribution is 7.99. The van der Waals surface area contributed by atoms with E-state index in [-0.39, 0.29) is 17.3 Å². The minimum atomic E-state index is -0.315. The Kier molecular flexibility index (Phi) is 8.84. The molecule has 1 N–H and O–H groups in total. The second-order valence-electron chi connectivity index (χ2n) is 6.01. The van der Waals surface area contributed by atoms with E-state index in [1.807, 2.05) is 54.8 Å². The highest BCUT2D eigenvalue weighted by Gasteiger charge is 2.17. The van der Waals surface area contributed by atoms with Crippen LogP contribution in [0.1, 0.15) is 17.2 Å². The lowest BCUT2D eigenvalue weighted by atomic mass is 10.1. The Labute approximate surface area is 169 Å². The van der Waals surface area contributed by atoms with Crippen molar-refractivity contribution in [3.63, 3.8) is 0 Å². The van der Waals surface area contributed by atoms with Gasteiger partial charge < -0.3 is 14.2 Å². The van der Waals surface area contributed by atoms with Crippen molar-refractivity contribution in [2.45, 2.75) is 17.8 Å². The van der Waals surface area contributed by atoms with Gasteiger partial charge in [0.25, 0.3) is 0 Å². The van der Waals surface area contributed by atoms with Crippen molar-refractivity contribution in [1.82, 2.24) is 5.32 Å². The van der Waals surface area contributed by atoms with Gasteiger partial charge in [0.15, 0.2) is 0 Å². The van der Waals surface area contributed by atoms with E-state index in [1.165, 1.54) is 11.8 Å². The standard InChI is InChI=1S/C21H25NO5S/c1-25-17-10-6-16(7-11-17)19(26-2)13-27-18-8-4-15(5-9-18)12-20(28-3)21(24)22-14-23/h4-11,14,19-20H,12-13H2,1-3H3,(H,22,23,24). The Morgan fingerprint density at radius 1 is 1.07 bits per heavy atom. The highest BCUT2D eigenvalue weighted by Crippen LogP contribution is 2.23. The third-order valence-corrected chi connectivity index (χ3v) is 5.25. The summed E-state index contributed by atoms with van der Waals surface area (Å²) in [7, 11) is 3.28. The van der Waals surface area contributed by atoms with Gasteiger partial charge in [-0.1, -0.05) is 24.3 Å². The van der Waals surface area contributed by atoms with Gasteiger partial charge in [-0.3, -0.25) is 14.9 Å². The lowest BCUT2D eigenvalue weighted by Crippen LogP contribution is -2.32. The number of benzene rings is 2. The summed E-state index contributed by atoms with van der Waals surface area (Å²) in [6, 6.07) is 15.2. The van der Waals surface area contributed by atoms with Crippen LogP contribution in [0.5, 0.6) is 11.5 Å². The molecule has 2 unspecified atom stereocenters.